The Balaban J connectivity index is 2.87. The molecule has 0 fully saturated rings. The van der Waals surface area contributed by atoms with Gasteiger partial charge in [-0.25, -0.2) is 4.79 Å². The van der Waals surface area contributed by atoms with Gasteiger partial charge in [0.2, 0.25) is 0 Å². The lowest BCUT2D eigenvalue weighted by molar-refractivity contribution is -0.140. The summed E-state index contributed by atoms with van der Waals surface area (Å²) in [5, 5.41) is 12.5. The van der Waals surface area contributed by atoms with Gasteiger partial charge in [-0.3, -0.25) is 9.48 Å². The third-order valence-corrected chi connectivity index (χ3v) is 1.69. The number of amides is 1. The molecular formula is C9H9N3O3. The van der Waals surface area contributed by atoms with Crippen LogP contribution in [0.4, 0.5) is 0 Å². The van der Waals surface area contributed by atoms with Crippen LogP contribution < -0.4 is 5.73 Å². The summed E-state index contributed by atoms with van der Waals surface area (Å²) in [6.45, 7) is 1.49. The molecule has 0 saturated heterocycles. The van der Waals surface area contributed by atoms with Gasteiger partial charge in [-0.1, -0.05) is 5.92 Å². The molecule has 1 aromatic rings. The highest BCUT2D eigenvalue weighted by Crippen LogP contribution is 2.05. The van der Waals surface area contributed by atoms with E-state index in [4.69, 9.17) is 10.8 Å². The number of carbonyl (C=O) groups is 2. The first-order chi connectivity index (χ1) is 7.00. The molecule has 1 heterocycles. The van der Waals surface area contributed by atoms with Crippen molar-refractivity contribution in [2.24, 2.45) is 5.73 Å². The molecule has 0 saturated carbocycles. The average Bonchev–Trinajstić information content (AvgIpc) is 2.61. The van der Waals surface area contributed by atoms with Crippen LogP contribution in [0.25, 0.3) is 0 Å². The molecule has 1 aromatic heterocycles. The smallest absolute Gasteiger partial charge is 0.328 e. The largest absolute Gasteiger partial charge is 0.480 e. The number of aromatic nitrogens is 2. The number of carbonyl (C=O) groups excluding carboxylic acids is 1. The van der Waals surface area contributed by atoms with Gasteiger partial charge in [-0.15, -0.1) is 0 Å². The van der Waals surface area contributed by atoms with Crippen molar-refractivity contribution in [2.75, 3.05) is 0 Å². The van der Waals surface area contributed by atoms with Crippen molar-refractivity contribution in [2.45, 2.75) is 13.0 Å². The van der Waals surface area contributed by atoms with Gasteiger partial charge in [0.15, 0.2) is 0 Å². The molecule has 0 aliphatic heterocycles. The molecule has 15 heavy (non-hydrogen) atoms. The first-order valence-corrected chi connectivity index (χ1v) is 4.09. The fraction of sp³-hybridized carbons (Fsp3) is 0.222. The van der Waals surface area contributed by atoms with E-state index in [0.29, 0.717) is 5.56 Å². The number of hydrogen-bond acceptors (Lipinski definition) is 3. The van der Waals surface area contributed by atoms with Crippen molar-refractivity contribution >= 4 is 11.9 Å². The Morgan fingerprint density at radius 3 is 2.87 bits per heavy atom. The third kappa shape index (κ3) is 2.84. The molecule has 0 spiro atoms. The van der Waals surface area contributed by atoms with E-state index in [-0.39, 0.29) is 0 Å². The monoisotopic (exact) mass is 207 g/mol. The molecule has 1 atom stereocenters. The Morgan fingerprint density at radius 1 is 1.67 bits per heavy atom. The predicted octanol–water partition coefficient (Wildman–Crippen LogP) is -0.635. The topological polar surface area (TPSA) is 98.2 Å². The average molecular weight is 207 g/mol. The van der Waals surface area contributed by atoms with Crippen molar-refractivity contribution < 1.29 is 14.7 Å². The SMILES string of the molecule is C[C@@H](C(=O)O)n1cc(C#CC(N)=O)cn1. The summed E-state index contributed by atoms with van der Waals surface area (Å²) >= 11 is 0. The Labute approximate surface area is 85.7 Å². The molecule has 1 amide bonds. The van der Waals surface area contributed by atoms with Crippen LogP contribution in [0.2, 0.25) is 0 Å². The summed E-state index contributed by atoms with van der Waals surface area (Å²) < 4.78 is 1.24. The van der Waals surface area contributed by atoms with E-state index in [9.17, 15) is 9.59 Å². The number of nitrogens with two attached hydrogens (primary N) is 1. The molecule has 6 nitrogen and oxygen atoms in total. The van der Waals surface area contributed by atoms with E-state index in [1.165, 1.54) is 24.0 Å². The number of rotatable bonds is 2. The minimum Gasteiger partial charge on any atom is -0.480 e. The Bertz CT molecular complexity index is 453. The van der Waals surface area contributed by atoms with Gasteiger partial charge in [0.05, 0.1) is 11.8 Å². The third-order valence-electron chi connectivity index (χ3n) is 1.69. The second-order valence-electron chi connectivity index (χ2n) is 2.84. The summed E-state index contributed by atoms with van der Waals surface area (Å²) in [5.41, 5.74) is 5.27. The van der Waals surface area contributed by atoms with Crippen molar-refractivity contribution in [3.8, 4) is 11.8 Å². The van der Waals surface area contributed by atoms with Crippen LogP contribution in [-0.4, -0.2) is 26.8 Å². The lowest BCUT2D eigenvalue weighted by Crippen LogP contribution is -2.15. The highest BCUT2D eigenvalue weighted by molar-refractivity contribution is 5.92. The zero-order chi connectivity index (χ0) is 11.4. The molecule has 6 heteroatoms. The minimum atomic E-state index is -0.993. The Kier molecular flexibility index (Phi) is 3.08. The standard InChI is InChI=1S/C9H9N3O3/c1-6(9(14)15)12-5-7(4-11-12)2-3-8(10)13/h4-6H,1H3,(H2,10,13)(H,14,15)/t6-/m0/s1. The van der Waals surface area contributed by atoms with Crippen LogP contribution >= 0.6 is 0 Å². The Morgan fingerprint density at radius 2 is 2.33 bits per heavy atom. The van der Waals surface area contributed by atoms with Crippen molar-refractivity contribution in [1.82, 2.24) is 9.78 Å². The normalized spacial score (nSPS) is 11.3. The highest BCUT2D eigenvalue weighted by atomic mass is 16.4. The highest BCUT2D eigenvalue weighted by Gasteiger charge is 2.13. The van der Waals surface area contributed by atoms with Gasteiger partial charge in [0.1, 0.15) is 6.04 Å². The van der Waals surface area contributed by atoms with E-state index < -0.39 is 17.9 Å². The van der Waals surface area contributed by atoms with Gasteiger partial charge in [0, 0.05) is 12.1 Å². The molecule has 78 valence electrons. The summed E-state index contributed by atoms with van der Waals surface area (Å²) in [7, 11) is 0. The van der Waals surface area contributed by atoms with E-state index in [1.54, 1.807) is 0 Å². The quantitative estimate of drug-likeness (QED) is 0.630. The fourth-order valence-electron chi connectivity index (χ4n) is 0.861. The summed E-state index contributed by atoms with van der Waals surface area (Å²) in [6.07, 6.45) is 2.81. The number of carboxylic acids is 1. The predicted molar refractivity (Wildman–Crippen MR) is 50.6 cm³/mol. The Hall–Kier alpha value is -2.29. The van der Waals surface area contributed by atoms with Crippen LogP contribution in [-0.2, 0) is 9.59 Å². The van der Waals surface area contributed by atoms with Gasteiger partial charge in [-0.2, -0.15) is 5.10 Å². The maximum atomic E-state index is 10.6. The van der Waals surface area contributed by atoms with E-state index in [2.05, 4.69) is 16.9 Å². The van der Waals surface area contributed by atoms with Crippen molar-refractivity contribution in [3.63, 3.8) is 0 Å². The van der Waals surface area contributed by atoms with Gasteiger partial charge >= 0.3 is 5.97 Å². The number of hydrogen-bond donors (Lipinski definition) is 2. The molecule has 0 aromatic carbocycles. The fourth-order valence-corrected chi connectivity index (χ4v) is 0.861. The van der Waals surface area contributed by atoms with E-state index in [1.807, 2.05) is 0 Å². The zero-order valence-electron chi connectivity index (χ0n) is 7.97. The first-order valence-electron chi connectivity index (χ1n) is 4.09. The second-order valence-corrected chi connectivity index (χ2v) is 2.84. The van der Waals surface area contributed by atoms with Crippen LogP contribution in [0.5, 0.6) is 0 Å². The van der Waals surface area contributed by atoms with Crippen LogP contribution in [0.1, 0.15) is 18.5 Å². The summed E-state index contributed by atoms with van der Waals surface area (Å²) in [5.74, 6) is 2.85. The molecule has 3 N–H and O–H groups in total. The van der Waals surface area contributed by atoms with Crippen LogP contribution in [0.15, 0.2) is 12.4 Å². The molecule has 0 bridgehead atoms. The number of primary amides is 1. The van der Waals surface area contributed by atoms with E-state index in [0.717, 1.165) is 0 Å². The van der Waals surface area contributed by atoms with Crippen LogP contribution in [0, 0.1) is 11.8 Å². The maximum absolute atomic E-state index is 10.6. The lowest BCUT2D eigenvalue weighted by Gasteiger charge is -2.04. The van der Waals surface area contributed by atoms with Gasteiger partial charge in [0.25, 0.3) is 5.91 Å². The summed E-state index contributed by atoms with van der Waals surface area (Å²) in [4.78, 5) is 21.0. The number of aliphatic carboxylic acids is 1. The van der Waals surface area contributed by atoms with Crippen molar-refractivity contribution in [3.05, 3.63) is 18.0 Å². The molecular weight excluding hydrogens is 198 g/mol. The molecule has 0 radical (unpaired) electrons. The van der Waals surface area contributed by atoms with Crippen LogP contribution in [0.3, 0.4) is 0 Å². The minimum absolute atomic E-state index is 0.446. The second kappa shape index (κ2) is 4.28. The number of carboxylic acid groups (broad SMARTS) is 1. The molecule has 0 aliphatic carbocycles. The zero-order valence-corrected chi connectivity index (χ0v) is 7.97. The maximum Gasteiger partial charge on any atom is 0.328 e. The van der Waals surface area contributed by atoms with Gasteiger partial charge < -0.3 is 10.8 Å². The molecule has 1 rings (SSSR count). The summed E-state index contributed by atoms with van der Waals surface area (Å²) in [6, 6.07) is -0.769. The van der Waals surface area contributed by atoms with Crippen molar-refractivity contribution in [1.29, 1.82) is 0 Å². The first kappa shape index (κ1) is 10.8. The number of nitrogens with zero attached hydrogens (tertiary/aromatic N) is 2. The molecule has 0 unspecified atom stereocenters. The molecule has 0 aliphatic rings. The van der Waals surface area contributed by atoms with Gasteiger partial charge in [-0.05, 0) is 6.92 Å². The lowest BCUT2D eigenvalue weighted by atomic mass is 10.3. The van der Waals surface area contributed by atoms with E-state index >= 15 is 0 Å².